The summed E-state index contributed by atoms with van der Waals surface area (Å²) in [6, 6.07) is 7.45. The Hall–Kier alpha value is -0.430. The van der Waals surface area contributed by atoms with Gasteiger partial charge in [0, 0.05) is 17.6 Å². The van der Waals surface area contributed by atoms with Gasteiger partial charge in [-0.05, 0) is 30.5 Å². The predicted octanol–water partition coefficient (Wildman–Crippen LogP) is 1.65. The Kier molecular flexibility index (Phi) is 5.00. The second kappa shape index (κ2) is 6.35. The molecule has 0 amide bonds. The molecule has 1 saturated heterocycles. The second-order valence-corrected chi connectivity index (χ2v) is 8.17. The molecule has 1 unspecified atom stereocenters. The zero-order chi connectivity index (χ0) is 13.9. The van der Waals surface area contributed by atoms with E-state index >= 15 is 0 Å². The van der Waals surface area contributed by atoms with Crippen molar-refractivity contribution in [3.05, 3.63) is 34.3 Å². The van der Waals surface area contributed by atoms with Crippen molar-refractivity contribution < 1.29 is 13.5 Å². The van der Waals surface area contributed by atoms with E-state index in [4.69, 9.17) is 0 Å². The van der Waals surface area contributed by atoms with E-state index in [0.29, 0.717) is 18.8 Å². The summed E-state index contributed by atoms with van der Waals surface area (Å²) in [4.78, 5) is 0. The van der Waals surface area contributed by atoms with Crippen LogP contribution in [-0.4, -0.2) is 37.6 Å². The minimum Gasteiger partial charge on any atom is -0.387 e. The van der Waals surface area contributed by atoms with Gasteiger partial charge in [-0.1, -0.05) is 28.1 Å². The predicted molar refractivity (Wildman–Crippen MR) is 78.8 cm³/mol. The summed E-state index contributed by atoms with van der Waals surface area (Å²) in [5, 5.41) is 12.8. The molecule has 106 valence electrons. The summed E-state index contributed by atoms with van der Waals surface area (Å²) in [6.45, 7) is 0.795. The van der Waals surface area contributed by atoms with Gasteiger partial charge >= 0.3 is 0 Å². The van der Waals surface area contributed by atoms with Crippen molar-refractivity contribution in [2.24, 2.45) is 0 Å². The highest BCUT2D eigenvalue weighted by Gasteiger charge is 2.30. The fraction of sp³-hybridized carbons (Fsp3) is 0.538. The highest BCUT2D eigenvalue weighted by molar-refractivity contribution is 9.10. The Morgan fingerprint density at radius 3 is 2.63 bits per heavy atom. The molecule has 2 rings (SSSR count). The van der Waals surface area contributed by atoms with E-state index in [1.54, 1.807) is 0 Å². The number of hydrogen-bond donors (Lipinski definition) is 2. The van der Waals surface area contributed by atoms with Crippen molar-refractivity contribution >= 4 is 25.8 Å². The van der Waals surface area contributed by atoms with Crippen molar-refractivity contribution in [3.63, 3.8) is 0 Å². The third-order valence-electron chi connectivity index (χ3n) is 3.43. The van der Waals surface area contributed by atoms with Crippen molar-refractivity contribution in [1.82, 2.24) is 5.32 Å². The van der Waals surface area contributed by atoms with E-state index in [-0.39, 0.29) is 5.25 Å². The minimum absolute atomic E-state index is 0.287. The molecular weight excluding hydrogens is 330 g/mol. The first-order valence-corrected chi connectivity index (χ1v) is 8.86. The second-order valence-electron chi connectivity index (χ2n) is 4.86. The van der Waals surface area contributed by atoms with Crippen LogP contribution in [0.15, 0.2) is 28.7 Å². The van der Waals surface area contributed by atoms with E-state index in [0.717, 1.165) is 22.9 Å². The van der Waals surface area contributed by atoms with Gasteiger partial charge in [-0.3, -0.25) is 0 Å². The van der Waals surface area contributed by atoms with Crippen molar-refractivity contribution in [2.75, 3.05) is 18.8 Å². The van der Waals surface area contributed by atoms with Crippen LogP contribution in [0.4, 0.5) is 0 Å². The fourth-order valence-electron chi connectivity index (χ4n) is 2.27. The van der Waals surface area contributed by atoms with Crippen molar-refractivity contribution in [3.8, 4) is 0 Å². The number of rotatable bonds is 5. The smallest absolute Gasteiger partial charge is 0.154 e. The summed E-state index contributed by atoms with van der Waals surface area (Å²) in [5.74, 6) is 0.300. The van der Waals surface area contributed by atoms with Crippen LogP contribution in [0.3, 0.4) is 0 Å². The van der Waals surface area contributed by atoms with Crippen LogP contribution in [0.1, 0.15) is 24.5 Å². The molecule has 0 radical (unpaired) electrons. The highest BCUT2D eigenvalue weighted by Crippen LogP contribution is 2.20. The summed E-state index contributed by atoms with van der Waals surface area (Å²) >= 11 is 3.34. The molecule has 0 aromatic heterocycles. The lowest BCUT2D eigenvalue weighted by Gasteiger charge is -2.15. The molecule has 1 aromatic rings. The van der Waals surface area contributed by atoms with Crippen LogP contribution in [-0.2, 0) is 9.84 Å². The van der Waals surface area contributed by atoms with E-state index in [9.17, 15) is 13.5 Å². The van der Waals surface area contributed by atoms with Crippen LogP contribution in [0.2, 0.25) is 0 Å². The van der Waals surface area contributed by atoms with Crippen LogP contribution in [0, 0.1) is 0 Å². The molecule has 1 fully saturated rings. The minimum atomic E-state index is -2.91. The first kappa shape index (κ1) is 15.0. The van der Waals surface area contributed by atoms with E-state index in [1.165, 1.54) is 0 Å². The first-order valence-electron chi connectivity index (χ1n) is 6.35. The molecule has 19 heavy (non-hydrogen) atoms. The van der Waals surface area contributed by atoms with E-state index in [1.807, 2.05) is 24.3 Å². The van der Waals surface area contributed by atoms with Crippen LogP contribution < -0.4 is 5.32 Å². The molecule has 4 nitrogen and oxygen atoms in total. The zero-order valence-electron chi connectivity index (χ0n) is 10.5. The Balaban J connectivity index is 1.81. The monoisotopic (exact) mass is 347 g/mol. The van der Waals surface area contributed by atoms with Crippen LogP contribution in [0.25, 0.3) is 0 Å². The largest absolute Gasteiger partial charge is 0.387 e. The zero-order valence-corrected chi connectivity index (χ0v) is 13.0. The average Bonchev–Trinajstić information content (AvgIpc) is 2.69. The summed E-state index contributed by atoms with van der Waals surface area (Å²) in [5.41, 5.74) is 0.824. The lowest BCUT2D eigenvalue weighted by atomic mass is 10.1. The molecule has 1 heterocycles. The van der Waals surface area contributed by atoms with Gasteiger partial charge in [0.2, 0.25) is 0 Å². The molecular formula is C13H18BrNO3S. The summed E-state index contributed by atoms with van der Waals surface area (Å²) < 4.78 is 24.2. The Morgan fingerprint density at radius 1 is 1.37 bits per heavy atom. The van der Waals surface area contributed by atoms with Gasteiger partial charge in [0.1, 0.15) is 0 Å². The van der Waals surface area contributed by atoms with Crippen LogP contribution >= 0.6 is 15.9 Å². The fourth-order valence-corrected chi connectivity index (χ4v) is 4.34. The van der Waals surface area contributed by atoms with Gasteiger partial charge < -0.3 is 10.4 Å². The molecule has 0 spiro atoms. The lowest BCUT2D eigenvalue weighted by Crippen LogP contribution is -2.33. The Bertz CT molecular complexity index is 515. The summed E-state index contributed by atoms with van der Waals surface area (Å²) in [6.07, 6.45) is 0.866. The van der Waals surface area contributed by atoms with Crippen LogP contribution in [0.5, 0.6) is 0 Å². The number of hydrogen-bond acceptors (Lipinski definition) is 4. The topological polar surface area (TPSA) is 66.4 Å². The standard InChI is InChI=1S/C13H18BrNO3S/c14-11-5-3-10(4-6-11)13(16)9-15-8-12-2-1-7-19(12,17)18/h3-6,12-13,15-16H,1-2,7-9H2/t12?,13-/m0/s1. The van der Waals surface area contributed by atoms with E-state index < -0.39 is 15.9 Å². The maximum Gasteiger partial charge on any atom is 0.154 e. The van der Waals surface area contributed by atoms with Gasteiger partial charge in [-0.25, -0.2) is 8.42 Å². The van der Waals surface area contributed by atoms with Gasteiger partial charge in [-0.2, -0.15) is 0 Å². The third-order valence-corrected chi connectivity index (χ3v) is 6.23. The van der Waals surface area contributed by atoms with Gasteiger partial charge in [0.15, 0.2) is 9.84 Å². The van der Waals surface area contributed by atoms with Gasteiger partial charge in [-0.15, -0.1) is 0 Å². The molecule has 1 aromatic carbocycles. The van der Waals surface area contributed by atoms with E-state index in [2.05, 4.69) is 21.2 Å². The van der Waals surface area contributed by atoms with Gasteiger partial charge in [0.25, 0.3) is 0 Å². The SMILES string of the molecule is O=S1(=O)CCCC1CNC[C@H](O)c1ccc(Br)cc1. The number of nitrogens with one attached hydrogen (secondary N) is 1. The molecule has 6 heteroatoms. The Labute approximate surface area is 122 Å². The number of benzene rings is 1. The van der Waals surface area contributed by atoms with Gasteiger partial charge in [0.05, 0.1) is 17.1 Å². The Morgan fingerprint density at radius 2 is 2.05 bits per heavy atom. The average molecular weight is 348 g/mol. The highest BCUT2D eigenvalue weighted by atomic mass is 79.9. The summed E-state index contributed by atoms with van der Waals surface area (Å²) in [7, 11) is -2.91. The molecule has 0 bridgehead atoms. The normalized spacial score (nSPS) is 23.4. The molecule has 2 atom stereocenters. The van der Waals surface area contributed by atoms with Crippen molar-refractivity contribution in [1.29, 1.82) is 0 Å². The number of sulfone groups is 1. The number of halogens is 1. The number of aliphatic hydroxyl groups is 1. The van der Waals surface area contributed by atoms with Crippen molar-refractivity contribution in [2.45, 2.75) is 24.2 Å². The lowest BCUT2D eigenvalue weighted by molar-refractivity contribution is 0.175. The maximum atomic E-state index is 11.6. The molecule has 0 aliphatic carbocycles. The molecule has 2 N–H and O–H groups in total. The molecule has 0 saturated carbocycles. The molecule has 1 aliphatic heterocycles. The third kappa shape index (κ3) is 4.02. The number of aliphatic hydroxyl groups excluding tert-OH is 1. The maximum absolute atomic E-state index is 11.6. The quantitative estimate of drug-likeness (QED) is 0.849. The first-order chi connectivity index (χ1) is 8.99. The molecule has 1 aliphatic rings.